The smallest absolute Gasteiger partial charge is 0.124 e. The molecule has 1 fully saturated rings. The molecule has 2 atom stereocenters. The van der Waals surface area contributed by atoms with Gasteiger partial charge < -0.3 is 15.6 Å². The summed E-state index contributed by atoms with van der Waals surface area (Å²) in [5.41, 5.74) is 4.91. The molecule has 2 heterocycles. The van der Waals surface area contributed by atoms with Crippen LogP contribution in [0.2, 0.25) is 0 Å². The van der Waals surface area contributed by atoms with Gasteiger partial charge in [0, 0.05) is 12.2 Å². The van der Waals surface area contributed by atoms with Crippen LogP contribution in [0.4, 0.5) is 0 Å². The van der Waals surface area contributed by atoms with E-state index >= 15 is 0 Å². The molecule has 0 amide bonds. The number of hydrogen-bond donors (Lipinski definition) is 3. The maximum absolute atomic E-state index is 4.85. The predicted molar refractivity (Wildman–Crippen MR) is 121 cm³/mol. The van der Waals surface area contributed by atoms with Crippen molar-refractivity contribution < 1.29 is 0 Å². The largest absolute Gasteiger partial charge is 0.341 e. The number of H-pyrrole nitrogens is 1. The van der Waals surface area contributed by atoms with Crippen LogP contribution in [0.15, 0.2) is 42.6 Å². The number of nitrogens with one attached hydrogen (secondary N) is 3. The molecule has 5 heteroatoms. The summed E-state index contributed by atoms with van der Waals surface area (Å²) in [4.78, 5) is 13.0. The number of benzene rings is 1. The number of para-hydroxylation sites is 2. The number of aryl methyl sites for hydroxylation is 1. The standard InChI is InChI=1S/C25H33N5/c1-2-10-21-20(9-1)29-25(30-21)23(17-18-12-13-18)27-15-4-3-14-26-22-11-5-7-19-8-6-16-28-24(19)22/h1-2,6,8-10,16,18,22-23,26-27H,3-5,7,11-15,17H2,(H,29,30). The summed E-state index contributed by atoms with van der Waals surface area (Å²) in [6, 6.07) is 13.4. The predicted octanol–water partition coefficient (Wildman–Crippen LogP) is 4.84. The SMILES string of the molecule is c1cnc2c(c1)CCCC2NCCCCNC(CC1CC1)c1nc2ccccc2[nH]1. The molecule has 5 rings (SSSR count). The van der Waals surface area contributed by atoms with Gasteiger partial charge >= 0.3 is 0 Å². The molecular weight excluding hydrogens is 370 g/mol. The second kappa shape index (κ2) is 9.27. The van der Waals surface area contributed by atoms with Crippen LogP contribution in [0.25, 0.3) is 11.0 Å². The summed E-state index contributed by atoms with van der Waals surface area (Å²) in [5, 5.41) is 7.54. The molecule has 0 saturated heterocycles. The van der Waals surface area contributed by atoms with Crippen LogP contribution in [0.3, 0.4) is 0 Å². The van der Waals surface area contributed by atoms with Crippen molar-refractivity contribution in [1.29, 1.82) is 0 Å². The van der Waals surface area contributed by atoms with E-state index in [1.807, 2.05) is 6.20 Å². The molecule has 2 aliphatic carbocycles. The molecule has 158 valence electrons. The number of aromatic nitrogens is 3. The molecule has 1 saturated carbocycles. The molecule has 0 spiro atoms. The molecule has 2 aliphatic rings. The summed E-state index contributed by atoms with van der Waals surface area (Å²) in [6.45, 7) is 2.09. The van der Waals surface area contributed by atoms with Gasteiger partial charge in [-0.3, -0.25) is 4.98 Å². The van der Waals surface area contributed by atoms with Crippen molar-refractivity contribution >= 4 is 11.0 Å². The molecule has 1 aromatic carbocycles. The summed E-state index contributed by atoms with van der Waals surface area (Å²) >= 11 is 0. The molecule has 0 radical (unpaired) electrons. The number of nitrogens with zero attached hydrogens (tertiary/aromatic N) is 2. The fourth-order valence-corrected chi connectivity index (χ4v) is 4.73. The van der Waals surface area contributed by atoms with Gasteiger partial charge in [0.05, 0.1) is 22.8 Å². The number of pyridine rings is 1. The third-order valence-electron chi connectivity index (χ3n) is 6.58. The molecule has 2 unspecified atom stereocenters. The number of rotatable bonds is 10. The highest BCUT2D eigenvalue weighted by Gasteiger charge is 2.27. The van der Waals surface area contributed by atoms with Gasteiger partial charge in [0.25, 0.3) is 0 Å². The van der Waals surface area contributed by atoms with Crippen LogP contribution in [0.1, 0.15) is 74.1 Å². The quantitative estimate of drug-likeness (QED) is 0.424. The lowest BCUT2D eigenvalue weighted by atomic mass is 9.92. The molecular formula is C25H33N5. The van der Waals surface area contributed by atoms with Gasteiger partial charge in [-0.05, 0) is 81.3 Å². The Balaban J connectivity index is 1.09. The van der Waals surface area contributed by atoms with Gasteiger partial charge in [-0.1, -0.05) is 31.0 Å². The number of unbranched alkanes of at least 4 members (excludes halogenated alkanes) is 1. The summed E-state index contributed by atoms with van der Waals surface area (Å²) in [5.74, 6) is 1.97. The first-order chi connectivity index (χ1) is 14.9. The highest BCUT2D eigenvalue weighted by atomic mass is 15.0. The van der Waals surface area contributed by atoms with Crippen LogP contribution >= 0.6 is 0 Å². The lowest BCUT2D eigenvalue weighted by Crippen LogP contribution is -2.28. The summed E-state index contributed by atoms with van der Waals surface area (Å²) in [7, 11) is 0. The Morgan fingerprint density at radius 1 is 1.03 bits per heavy atom. The van der Waals surface area contributed by atoms with Crippen LogP contribution < -0.4 is 10.6 Å². The van der Waals surface area contributed by atoms with Crippen molar-refractivity contribution in [3.05, 3.63) is 59.7 Å². The summed E-state index contributed by atoms with van der Waals surface area (Å²) in [6.07, 6.45) is 11.9. The Kier molecular flexibility index (Phi) is 6.09. The first-order valence-electron chi connectivity index (χ1n) is 11.7. The zero-order chi connectivity index (χ0) is 20.2. The first kappa shape index (κ1) is 19.7. The van der Waals surface area contributed by atoms with Crippen molar-refractivity contribution in [1.82, 2.24) is 25.6 Å². The molecule has 3 aromatic rings. The minimum absolute atomic E-state index is 0.340. The van der Waals surface area contributed by atoms with Crippen LogP contribution in [0.5, 0.6) is 0 Å². The van der Waals surface area contributed by atoms with Gasteiger partial charge in [-0.2, -0.15) is 0 Å². The monoisotopic (exact) mass is 403 g/mol. The second-order valence-electron chi connectivity index (χ2n) is 8.98. The number of fused-ring (bicyclic) bond motifs is 2. The van der Waals surface area contributed by atoms with E-state index in [0.717, 1.165) is 35.9 Å². The highest BCUT2D eigenvalue weighted by molar-refractivity contribution is 5.74. The van der Waals surface area contributed by atoms with Crippen molar-refractivity contribution in [2.75, 3.05) is 13.1 Å². The molecule has 3 N–H and O–H groups in total. The minimum Gasteiger partial charge on any atom is -0.341 e. The Labute approximate surface area is 179 Å². The van der Waals surface area contributed by atoms with E-state index in [0.29, 0.717) is 12.1 Å². The zero-order valence-electron chi connectivity index (χ0n) is 17.7. The van der Waals surface area contributed by atoms with Crippen LogP contribution in [-0.2, 0) is 6.42 Å². The van der Waals surface area contributed by atoms with Gasteiger partial charge in [0.15, 0.2) is 0 Å². The second-order valence-corrected chi connectivity index (χ2v) is 8.98. The molecule has 0 aliphatic heterocycles. The Morgan fingerprint density at radius 2 is 1.93 bits per heavy atom. The van der Waals surface area contributed by atoms with Gasteiger partial charge in [-0.15, -0.1) is 0 Å². The number of aromatic amines is 1. The van der Waals surface area contributed by atoms with E-state index < -0.39 is 0 Å². The van der Waals surface area contributed by atoms with Crippen LogP contribution in [-0.4, -0.2) is 28.0 Å². The van der Waals surface area contributed by atoms with Crippen molar-refractivity contribution in [3.63, 3.8) is 0 Å². The van der Waals surface area contributed by atoms with Crippen LogP contribution in [0, 0.1) is 5.92 Å². The highest BCUT2D eigenvalue weighted by Crippen LogP contribution is 2.37. The van der Waals surface area contributed by atoms with Crippen molar-refractivity contribution in [3.8, 4) is 0 Å². The Bertz CT molecular complexity index is 928. The maximum Gasteiger partial charge on any atom is 0.124 e. The average Bonchev–Trinajstić information content (AvgIpc) is 3.50. The minimum atomic E-state index is 0.340. The normalized spacial score (nSPS) is 19.7. The maximum atomic E-state index is 4.85. The average molecular weight is 404 g/mol. The Hall–Kier alpha value is -2.24. The van der Waals surface area contributed by atoms with Gasteiger partial charge in [0.2, 0.25) is 0 Å². The molecule has 5 nitrogen and oxygen atoms in total. The van der Waals surface area contributed by atoms with Gasteiger partial charge in [0.1, 0.15) is 5.82 Å². The zero-order valence-corrected chi connectivity index (χ0v) is 17.7. The lowest BCUT2D eigenvalue weighted by Gasteiger charge is -2.25. The van der Waals surface area contributed by atoms with Crippen molar-refractivity contribution in [2.45, 2.75) is 63.5 Å². The third kappa shape index (κ3) is 4.73. The van der Waals surface area contributed by atoms with E-state index in [-0.39, 0.29) is 0 Å². The Morgan fingerprint density at radius 3 is 2.83 bits per heavy atom. The van der Waals surface area contributed by atoms with E-state index in [9.17, 15) is 0 Å². The van der Waals surface area contributed by atoms with E-state index in [2.05, 4.69) is 57.0 Å². The number of imidazole rings is 1. The fraction of sp³-hybridized carbons (Fsp3) is 0.520. The summed E-state index contributed by atoms with van der Waals surface area (Å²) < 4.78 is 0. The fourth-order valence-electron chi connectivity index (χ4n) is 4.73. The molecule has 0 bridgehead atoms. The topological polar surface area (TPSA) is 65.6 Å². The molecule has 2 aromatic heterocycles. The van der Waals surface area contributed by atoms with Crippen molar-refractivity contribution in [2.24, 2.45) is 5.92 Å². The molecule has 30 heavy (non-hydrogen) atoms. The number of hydrogen-bond acceptors (Lipinski definition) is 4. The van der Waals surface area contributed by atoms with Gasteiger partial charge in [-0.25, -0.2) is 4.98 Å². The van der Waals surface area contributed by atoms with E-state index in [1.165, 1.54) is 62.6 Å². The first-order valence-corrected chi connectivity index (χ1v) is 11.7. The van der Waals surface area contributed by atoms with E-state index in [1.54, 1.807) is 0 Å². The van der Waals surface area contributed by atoms with E-state index in [4.69, 9.17) is 4.98 Å². The lowest BCUT2D eigenvalue weighted by molar-refractivity contribution is 0.424. The third-order valence-corrected chi connectivity index (χ3v) is 6.58.